The van der Waals surface area contributed by atoms with Crippen LogP contribution in [0.4, 0.5) is 5.69 Å². The van der Waals surface area contributed by atoms with E-state index in [1.165, 1.54) is 4.90 Å². The SMILES string of the molecule is Cc1cccc(C)c1N1C(=O)[C@@H]2[C@@H]3C=C[C@@H](C3)[C@]2(C)C1=O. The number of para-hydroxylation sites is 1. The number of carbonyl (C=O) groups is 2. The minimum absolute atomic E-state index is 0.00301. The lowest BCUT2D eigenvalue weighted by Crippen LogP contribution is -2.38. The van der Waals surface area contributed by atoms with Crippen LogP contribution in [0.1, 0.15) is 24.5 Å². The van der Waals surface area contributed by atoms with Crippen molar-refractivity contribution in [2.45, 2.75) is 27.2 Å². The fourth-order valence-corrected chi connectivity index (χ4v) is 4.68. The second-order valence-electron chi connectivity index (χ2n) is 6.87. The summed E-state index contributed by atoms with van der Waals surface area (Å²) in [6.07, 6.45) is 5.23. The third-order valence-electron chi connectivity index (χ3n) is 5.77. The number of hydrogen-bond acceptors (Lipinski definition) is 2. The Morgan fingerprint density at radius 3 is 2.43 bits per heavy atom. The molecule has 21 heavy (non-hydrogen) atoms. The quantitative estimate of drug-likeness (QED) is 0.586. The van der Waals surface area contributed by atoms with Crippen LogP contribution >= 0.6 is 0 Å². The molecule has 3 nitrogen and oxygen atoms in total. The Morgan fingerprint density at radius 1 is 1.14 bits per heavy atom. The van der Waals surface area contributed by atoms with E-state index in [-0.39, 0.29) is 29.6 Å². The van der Waals surface area contributed by atoms with Gasteiger partial charge in [-0.15, -0.1) is 0 Å². The maximum atomic E-state index is 13.1. The standard InChI is InChI=1S/C18H19NO2/c1-10-5-4-6-11(2)15(10)19-16(20)14-12-7-8-13(9-12)18(14,3)17(19)21/h4-8,12-14H,9H2,1-3H3/t12-,13+,14+,18+/m1/s1. The molecular formula is C18H19NO2. The lowest BCUT2D eigenvalue weighted by molar-refractivity contribution is -0.127. The molecule has 1 saturated heterocycles. The van der Waals surface area contributed by atoms with Crippen molar-refractivity contribution >= 4 is 17.5 Å². The van der Waals surface area contributed by atoms with Crippen molar-refractivity contribution in [1.29, 1.82) is 0 Å². The zero-order valence-electron chi connectivity index (χ0n) is 12.6. The molecule has 2 aliphatic carbocycles. The highest BCUT2D eigenvalue weighted by Crippen LogP contribution is 2.61. The highest BCUT2D eigenvalue weighted by Gasteiger charge is 2.67. The van der Waals surface area contributed by atoms with Crippen molar-refractivity contribution in [1.82, 2.24) is 0 Å². The Hall–Kier alpha value is -1.90. The van der Waals surface area contributed by atoms with Crippen LogP contribution in [0.5, 0.6) is 0 Å². The molecule has 0 aromatic heterocycles. The monoisotopic (exact) mass is 281 g/mol. The predicted octanol–water partition coefficient (Wildman–Crippen LogP) is 3.01. The highest BCUT2D eigenvalue weighted by molar-refractivity contribution is 6.25. The molecule has 1 heterocycles. The van der Waals surface area contributed by atoms with Crippen LogP contribution in [0.15, 0.2) is 30.4 Å². The number of nitrogens with zero attached hydrogens (tertiary/aromatic N) is 1. The van der Waals surface area contributed by atoms with E-state index in [0.29, 0.717) is 0 Å². The highest BCUT2D eigenvalue weighted by atomic mass is 16.2. The maximum absolute atomic E-state index is 13.1. The fraction of sp³-hybridized carbons (Fsp3) is 0.444. The van der Waals surface area contributed by atoms with Crippen LogP contribution in [-0.4, -0.2) is 11.8 Å². The summed E-state index contributed by atoms with van der Waals surface area (Å²) in [4.78, 5) is 27.5. The van der Waals surface area contributed by atoms with Gasteiger partial charge in [0.25, 0.3) is 0 Å². The van der Waals surface area contributed by atoms with E-state index in [2.05, 4.69) is 12.2 Å². The molecule has 2 bridgehead atoms. The molecule has 0 spiro atoms. The van der Waals surface area contributed by atoms with E-state index < -0.39 is 5.41 Å². The van der Waals surface area contributed by atoms with Gasteiger partial charge in [-0.3, -0.25) is 9.59 Å². The van der Waals surface area contributed by atoms with E-state index in [0.717, 1.165) is 23.2 Å². The number of hydrogen-bond donors (Lipinski definition) is 0. The van der Waals surface area contributed by atoms with Crippen LogP contribution in [0.2, 0.25) is 0 Å². The Bertz CT molecular complexity index is 685. The first-order chi connectivity index (χ1) is 9.96. The van der Waals surface area contributed by atoms with Crippen molar-refractivity contribution in [2.24, 2.45) is 23.2 Å². The first kappa shape index (κ1) is 12.8. The van der Waals surface area contributed by atoms with Gasteiger partial charge in [-0.05, 0) is 50.2 Å². The molecule has 4 atom stereocenters. The smallest absolute Gasteiger partial charge is 0.241 e. The molecule has 1 aliphatic heterocycles. The molecule has 1 aromatic carbocycles. The summed E-state index contributed by atoms with van der Waals surface area (Å²) < 4.78 is 0. The van der Waals surface area contributed by atoms with Crippen LogP contribution in [0, 0.1) is 37.0 Å². The van der Waals surface area contributed by atoms with Crippen molar-refractivity contribution in [2.75, 3.05) is 4.90 Å². The summed E-state index contributed by atoms with van der Waals surface area (Å²) >= 11 is 0. The first-order valence-electron chi connectivity index (χ1n) is 7.59. The molecule has 0 radical (unpaired) electrons. The first-order valence-corrected chi connectivity index (χ1v) is 7.59. The van der Waals surface area contributed by atoms with Gasteiger partial charge in [0.2, 0.25) is 11.8 Å². The maximum Gasteiger partial charge on any atom is 0.241 e. The third kappa shape index (κ3) is 1.34. The van der Waals surface area contributed by atoms with Crippen molar-refractivity contribution in [3.05, 3.63) is 41.5 Å². The van der Waals surface area contributed by atoms with Gasteiger partial charge in [-0.2, -0.15) is 0 Å². The van der Waals surface area contributed by atoms with Gasteiger partial charge in [0.05, 0.1) is 17.0 Å². The van der Waals surface area contributed by atoms with Gasteiger partial charge in [-0.1, -0.05) is 30.4 Å². The number of aryl methyl sites for hydroxylation is 2. The Kier molecular flexibility index (Phi) is 2.35. The lowest BCUT2D eigenvalue weighted by Gasteiger charge is -2.28. The van der Waals surface area contributed by atoms with Crippen LogP contribution < -0.4 is 4.90 Å². The average molecular weight is 281 g/mol. The topological polar surface area (TPSA) is 37.4 Å². The fourth-order valence-electron chi connectivity index (χ4n) is 4.68. The van der Waals surface area contributed by atoms with E-state index in [9.17, 15) is 9.59 Å². The number of fused-ring (bicyclic) bond motifs is 5. The normalized spacial score (nSPS) is 36.7. The summed E-state index contributed by atoms with van der Waals surface area (Å²) in [6.45, 7) is 5.91. The van der Waals surface area contributed by atoms with Crippen LogP contribution in [0.3, 0.4) is 0 Å². The number of benzene rings is 1. The number of amides is 2. The number of imide groups is 1. The van der Waals surface area contributed by atoms with Gasteiger partial charge in [0, 0.05) is 0 Å². The van der Waals surface area contributed by atoms with Gasteiger partial charge < -0.3 is 0 Å². The van der Waals surface area contributed by atoms with E-state index in [1.807, 2.05) is 39.0 Å². The second kappa shape index (κ2) is 3.85. The number of allylic oxidation sites excluding steroid dienone is 2. The molecule has 1 saturated carbocycles. The summed E-state index contributed by atoms with van der Waals surface area (Å²) in [5.41, 5.74) is 2.23. The molecule has 3 aliphatic rings. The van der Waals surface area contributed by atoms with E-state index in [1.54, 1.807) is 0 Å². The third-order valence-corrected chi connectivity index (χ3v) is 5.77. The van der Waals surface area contributed by atoms with Gasteiger partial charge >= 0.3 is 0 Å². The molecule has 3 heteroatoms. The van der Waals surface area contributed by atoms with Gasteiger partial charge in [-0.25, -0.2) is 4.90 Å². The zero-order chi connectivity index (χ0) is 14.9. The van der Waals surface area contributed by atoms with Gasteiger partial charge in [0.15, 0.2) is 0 Å². The molecule has 108 valence electrons. The summed E-state index contributed by atoms with van der Waals surface area (Å²) in [5.74, 6) is 0.284. The van der Waals surface area contributed by atoms with Crippen molar-refractivity contribution in [3.63, 3.8) is 0 Å². The van der Waals surface area contributed by atoms with E-state index in [4.69, 9.17) is 0 Å². The molecule has 2 amide bonds. The minimum Gasteiger partial charge on any atom is -0.274 e. The molecule has 4 rings (SSSR count). The minimum atomic E-state index is -0.536. The average Bonchev–Trinajstić information content (AvgIpc) is 3.06. The van der Waals surface area contributed by atoms with Crippen LogP contribution in [0.25, 0.3) is 0 Å². The van der Waals surface area contributed by atoms with Crippen LogP contribution in [-0.2, 0) is 9.59 Å². The number of carbonyl (C=O) groups excluding carboxylic acids is 2. The van der Waals surface area contributed by atoms with Crippen molar-refractivity contribution in [3.8, 4) is 0 Å². The Morgan fingerprint density at radius 2 is 1.81 bits per heavy atom. The predicted molar refractivity (Wildman–Crippen MR) is 80.7 cm³/mol. The summed E-state index contributed by atoms with van der Waals surface area (Å²) in [7, 11) is 0. The lowest BCUT2D eigenvalue weighted by atomic mass is 9.71. The Balaban J connectivity index is 1.87. The van der Waals surface area contributed by atoms with Gasteiger partial charge in [0.1, 0.15) is 0 Å². The molecular weight excluding hydrogens is 262 g/mol. The molecule has 0 N–H and O–H groups in total. The number of anilines is 1. The molecule has 2 fully saturated rings. The van der Waals surface area contributed by atoms with Crippen molar-refractivity contribution < 1.29 is 9.59 Å². The largest absolute Gasteiger partial charge is 0.274 e. The second-order valence-corrected chi connectivity index (χ2v) is 6.87. The molecule has 0 unspecified atom stereocenters. The molecule has 1 aromatic rings. The van der Waals surface area contributed by atoms with E-state index >= 15 is 0 Å². The summed E-state index contributed by atoms with van der Waals surface area (Å²) in [5, 5.41) is 0. The zero-order valence-corrected chi connectivity index (χ0v) is 12.6. The Labute approximate surface area is 124 Å². The summed E-state index contributed by atoms with van der Waals surface area (Å²) in [6, 6.07) is 5.89. The number of rotatable bonds is 1.